The van der Waals surface area contributed by atoms with Gasteiger partial charge in [-0.05, 0) is 31.0 Å². The van der Waals surface area contributed by atoms with Crippen molar-refractivity contribution in [3.63, 3.8) is 0 Å². The predicted molar refractivity (Wildman–Crippen MR) is 95.7 cm³/mol. The number of aryl methyl sites for hydroxylation is 2. The third-order valence-corrected chi connectivity index (χ3v) is 4.03. The van der Waals surface area contributed by atoms with Crippen LogP contribution >= 0.6 is 0 Å². The van der Waals surface area contributed by atoms with E-state index >= 15 is 0 Å². The summed E-state index contributed by atoms with van der Waals surface area (Å²) >= 11 is 0. The molecule has 5 nitrogen and oxygen atoms in total. The molecule has 0 aliphatic heterocycles. The van der Waals surface area contributed by atoms with E-state index in [1.807, 2.05) is 61.5 Å². The molecule has 2 aromatic carbocycles. The predicted octanol–water partition coefficient (Wildman–Crippen LogP) is 3.64. The highest BCUT2D eigenvalue weighted by Crippen LogP contribution is 2.18. The number of aromatic nitrogens is 2. The number of carbonyl (C=O) groups excluding carboxylic acids is 1. The first kappa shape index (κ1) is 16.9. The van der Waals surface area contributed by atoms with Crippen LogP contribution in [-0.4, -0.2) is 28.1 Å². The van der Waals surface area contributed by atoms with Crippen molar-refractivity contribution in [1.29, 1.82) is 0 Å². The molecule has 0 aliphatic rings. The second kappa shape index (κ2) is 7.75. The topological polar surface area (TPSA) is 59.2 Å². The van der Waals surface area contributed by atoms with Gasteiger partial charge in [0.05, 0.1) is 6.54 Å². The van der Waals surface area contributed by atoms with Crippen molar-refractivity contribution < 1.29 is 9.21 Å². The summed E-state index contributed by atoms with van der Waals surface area (Å²) in [5.74, 6) is 0.963. The summed E-state index contributed by atoms with van der Waals surface area (Å²) in [7, 11) is 1.75. The summed E-state index contributed by atoms with van der Waals surface area (Å²) in [6.45, 7) is 2.34. The molecular weight excluding hydrogens is 314 g/mol. The third kappa shape index (κ3) is 4.53. The van der Waals surface area contributed by atoms with Gasteiger partial charge >= 0.3 is 0 Å². The van der Waals surface area contributed by atoms with Crippen LogP contribution in [0.5, 0.6) is 0 Å². The molecule has 3 rings (SSSR count). The maximum Gasteiger partial charge on any atom is 0.247 e. The van der Waals surface area contributed by atoms with Crippen LogP contribution in [0.25, 0.3) is 11.5 Å². The van der Waals surface area contributed by atoms with Crippen LogP contribution < -0.4 is 0 Å². The molecule has 5 heteroatoms. The van der Waals surface area contributed by atoms with Gasteiger partial charge in [0.2, 0.25) is 17.7 Å². The van der Waals surface area contributed by atoms with Gasteiger partial charge in [0.15, 0.2) is 0 Å². The molecule has 0 saturated carbocycles. The van der Waals surface area contributed by atoms with Gasteiger partial charge in [-0.3, -0.25) is 4.79 Å². The SMILES string of the molecule is Cc1ccc(-c2nnc(CN(C)C(=O)CCc3ccccc3)o2)cc1. The summed E-state index contributed by atoms with van der Waals surface area (Å²) in [6.07, 6.45) is 1.18. The van der Waals surface area contributed by atoms with E-state index in [2.05, 4.69) is 10.2 Å². The van der Waals surface area contributed by atoms with E-state index in [9.17, 15) is 4.79 Å². The Morgan fingerprint density at radius 3 is 2.48 bits per heavy atom. The van der Waals surface area contributed by atoms with Crippen LogP contribution in [-0.2, 0) is 17.8 Å². The standard InChI is InChI=1S/C20H21N3O2/c1-15-8-11-17(12-9-15)20-22-21-18(25-20)14-23(2)19(24)13-10-16-6-4-3-5-7-16/h3-9,11-12H,10,13-14H2,1-2H3. The van der Waals surface area contributed by atoms with Gasteiger partial charge < -0.3 is 9.32 Å². The number of amides is 1. The number of hydrogen-bond donors (Lipinski definition) is 0. The molecule has 1 aromatic heterocycles. The molecule has 1 amide bonds. The molecule has 0 bridgehead atoms. The minimum Gasteiger partial charge on any atom is -0.419 e. The quantitative estimate of drug-likeness (QED) is 0.690. The molecule has 0 atom stereocenters. The summed E-state index contributed by atoms with van der Waals surface area (Å²) in [4.78, 5) is 13.9. The highest BCUT2D eigenvalue weighted by Gasteiger charge is 2.14. The van der Waals surface area contributed by atoms with Crippen LogP contribution in [0.15, 0.2) is 59.0 Å². The average Bonchev–Trinajstić information content (AvgIpc) is 3.09. The van der Waals surface area contributed by atoms with Crippen molar-refractivity contribution in [3.8, 4) is 11.5 Å². The second-order valence-electron chi connectivity index (χ2n) is 6.10. The molecule has 0 spiro atoms. The van der Waals surface area contributed by atoms with Crippen molar-refractivity contribution in [2.45, 2.75) is 26.3 Å². The molecule has 0 fully saturated rings. The Labute approximate surface area is 147 Å². The van der Waals surface area contributed by atoms with Gasteiger partial charge in [-0.1, -0.05) is 48.0 Å². The molecule has 0 aliphatic carbocycles. The average molecular weight is 335 g/mol. The summed E-state index contributed by atoms with van der Waals surface area (Å²) in [5, 5.41) is 8.11. The lowest BCUT2D eigenvalue weighted by atomic mass is 10.1. The van der Waals surface area contributed by atoms with Gasteiger partial charge in [0.1, 0.15) is 0 Å². The molecule has 0 saturated heterocycles. The first-order valence-electron chi connectivity index (χ1n) is 8.29. The van der Waals surface area contributed by atoms with Crippen molar-refractivity contribution in [2.75, 3.05) is 7.05 Å². The second-order valence-corrected chi connectivity index (χ2v) is 6.10. The Bertz CT molecular complexity index is 826. The van der Waals surface area contributed by atoms with E-state index in [-0.39, 0.29) is 5.91 Å². The fraction of sp³-hybridized carbons (Fsp3) is 0.250. The summed E-state index contributed by atoms with van der Waals surface area (Å²) in [6, 6.07) is 17.9. The van der Waals surface area contributed by atoms with Crippen molar-refractivity contribution in [1.82, 2.24) is 15.1 Å². The van der Waals surface area contributed by atoms with E-state index < -0.39 is 0 Å². The Hall–Kier alpha value is -2.95. The van der Waals surface area contributed by atoms with E-state index in [4.69, 9.17) is 4.42 Å². The third-order valence-electron chi connectivity index (χ3n) is 4.03. The van der Waals surface area contributed by atoms with E-state index in [1.54, 1.807) is 11.9 Å². The first-order chi connectivity index (χ1) is 12.1. The Morgan fingerprint density at radius 2 is 1.76 bits per heavy atom. The zero-order valence-electron chi connectivity index (χ0n) is 14.5. The van der Waals surface area contributed by atoms with E-state index in [0.717, 1.165) is 17.5 Å². The normalized spacial score (nSPS) is 10.6. The van der Waals surface area contributed by atoms with Crippen molar-refractivity contribution in [3.05, 3.63) is 71.6 Å². The lowest BCUT2D eigenvalue weighted by Crippen LogP contribution is -2.26. The highest BCUT2D eigenvalue weighted by atomic mass is 16.4. The molecule has 0 unspecified atom stereocenters. The molecule has 1 heterocycles. The Morgan fingerprint density at radius 1 is 1.04 bits per heavy atom. The number of rotatable bonds is 6. The molecule has 0 N–H and O–H groups in total. The minimum atomic E-state index is 0.0546. The Kier molecular flexibility index (Phi) is 5.23. The van der Waals surface area contributed by atoms with Gasteiger partial charge in [-0.25, -0.2) is 0 Å². The maximum atomic E-state index is 12.3. The fourth-order valence-electron chi connectivity index (χ4n) is 2.51. The molecule has 25 heavy (non-hydrogen) atoms. The lowest BCUT2D eigenvalue weighted by molar-refractivity contribution is -0.130. The summed E-state index contributed by atoms with van der Waals surface area (Å²) < 4.78 is 5.68. The molecule has 3 aromatic rings. The smallest absolute Gasteiger partial charge is 0.247 e. The monoisotopic (exact) mass is 335 g/mol. The van der Waals surface area contributed by atoms with Crippen LogP contribution in [0, 0.1) is 6.92 Å². The van der Waals surface area contributed by atoms with Gasteiger partial charge in [-0.15, -0.1) is 10.2 Å². The van der Waals surface area contributed by atoms with Crippen LogP contribution in [0.2, 0.25) is 0 Å². The van der Waals surface area contributed by atoms with Gasteiger partial charge in [0, 0.05) is 19.0 Å². The van der Waals surface area contributed by atoms with Crippen LogP contribution in [0.4, 0.5) is 0 Å². The minimum absolute atomic E-state index is 0.0546. The zero-order valence-corrected chi connectivity index (χ0v) is 14.5. The highest BCUT2D eigenvalue weighted by molar-refractivity contribution is 5.76. The fourth-order valence-corrected chi connectivity index (χ4v) is 2.51. The zero-order chi connectivity index (χ0) is 17.6. The van der Waals surface area contributed by atoms with Gasteiger partial charge in [0.25, 0.3) is 0 Å². The van der Waals surface area contributed by atoms with E-state index in [0.29, 0.717) is 24.7 Å². The van der Waals surface area contributed by atoms with Crippen molar-refractivity contribution >= 4 is 5.91 Å². The van der Waals surface area contributed by atoms with Crippen LogP contribution in [0.3, 0.4) is 0 Å². The Balaban J connectivity index is 1.56. The molecular formula is C20H21N3O2. The van der Waals surface area contributed by atoms with Gasteiger partial charge in [-0.2, -0.15) is 0 Å². The molecule has 0 radical (unpaired) electrons. The molecule has 128 valence electrons. The van der Waals surface area contributed by atoms with Crippen molar-refractivity contribution in [2.24, 2.45) is 0 Å². The number of hydrogen-bond acceptors (Lipinski definition) is 4. The summed E-state index contributed by atoms with van der Waals surface area (Å²) in [5.41, 5.74) is 3.21. The van der Waals surface area contributed by atoms with E-state index in [1.165, 1.54) is 5.56 Å². The number of nitrogens with zero attached hydrogens (tertiary/aromatic N) is 3. The number of carbonyl (C=O) groups is 1. The van der Waals surface area contributed by atoms with Crippen LogP contribution in [0.1, 0.15) is 23.4 Å². The first-order valence-corrected chi connectivity index (χ1v) is 8.29. The maximum absolute atomic E-state index is 12.3. The number of benzene rings is 2. The largest absolute Gasteiger partial charge is 0.419 e. The lowest BCUT2D eigenvalue weighted by Gasteiger charge is -2.14.